The molecule has 1 heterocycles. The molecule has 1 aromatic carbocycles. The topological polar surface area (TPSA) is 45.8 Å². The molecule has 0 aliphatic heterocycles. The van der Waals surface area contributed by atoms with Crippen LogP contribution in [-0.4, -0.2) is 15.7 Å². The molecule has 0 atom stereocenters. The van der Waals surface area contributed by atoms with Gasteiger partial charge in [0.05, 0.1) is 5.69 Å². The summed E-state index contributed by atoms with van der Waals surface area (Å²) in [7, 11) is 0. The highest BCUT2D eigenvalue weighted by Gasteiger charge is 2.05. The molecule has 0 unspecified atom stereocenters. The number of aromatic nitrogens is 2. The summed E-state index contributed by atoms with van der Waals surface area (Å²) >= 11 is 1.59. The standard InChI is InChI=1S/C15H18N2OS/c1-11(2)13-10-14(18)17-15(16-13)19-9-8-12-6-4-3-5-7-12/h3-7,10-11H,8-9H2,1-2H3,(H,16,17,18). The van der Waals surface area contributed by atoms with E-state index in [2.05, 4.69) is 22.1 Å². The Bertz CT molecular complexity index is 578. The zero-order valence-corrected chi connectivity index (χ0v) is 12.0. The Morgan fingerprint density at radius 2 is 2.00 bits per heavy atom. The quantitative estimate of drug-likeness (QED) is 0.672. The first-order valence-electron chi connectivity index (χ1n) is 6.43. The fraction of sp³-hybridized carbons (Fsp3) is 0.333. The van der Waals surface area contributed by atoms with Gasteiger partial charge in [0.15, 0.2) is 5.16 Å². The summed E-state index contributed by atoms with van der Waals surface area (Å²) in [5.74, 6) is 1.19. The van der Waals surface area contributed by atoms with Gasteiger partial charge in [0.2, 0.25) is 0 Å². The monoisotopic (exact) mass is 274 g/mol. The van der Waals surface area contributed by atoms with E-state index in [1.807, 2.05) is 32.0 Å². The van der Waals surface area contributed by atoms with E-state index in [9.17, 15) is 4.79 Å². The number of H-pyrrole nitrogens is 1. The number of rotatable bonds is 5. The number of nitrogens with one attached hydrogen (secondary N) is 1. The Balaban J connectivity index is 1.98. The third kappa shape index (κ3) is 4.24. The normalized spacial score (nSPS) is 10.9. The molecule has 2 rings (SSSR count). The van der Waals surface area contributed by atoms with Crippen LogP contribution >= 0.6 is 11.8 Å². The van der Waals surface area contributed by atoms with Gasteiger partial charge in [-0.15, -0.1) is 0 Å². The first-order valence-corrected chi connectivity index (χ1v) is 7.41. The van der Waals surface area contributed by atoms with Gasteiger partial charge in [-0.05, 0) is 17.9 Å². The van der Waals surface area contributed by atoms with Crippen molar-refractivity contribution >= 4 is 11.8 Å². The second-order valence-electron chi connectivity index (χ2n) is 4.71. The molecule has 19 heavy (non-hydrogen) atoms. The Morgan fingerprint density at radius 3 is 2.68 bits per heavy atom. The van der Waals surface area contributed by atoms with E-state index in [0.29, 0.717) is 5.16 Å². The van der Waals surface area contributed by atoms with Crippen LogP contribution in [0.15, 0.2) is 46.3 Å². The van der Waals surface area contributed by atoms with E-state index in [0.717, 1.165) is 17.9 Å². The largest absolute Gasteiger partial charge is 0.301 e. The molecule has 0 fully saturated rings. The van der Waals surface area contributed by atoms with Crippen LogP contribution < -0.4 is 5.56 Å². The van der Waals surface area contributed by atoms with Crippen LogP contribution in [0.1, 0.15) is 31.0 Å². The van der Waals surface area contributed by atoms with Crippen molar-refractivity contribution in [2.24, 2.45) is 0 Å². The zero-order valence-electron chi connectivity index (χ0n) is 11.2. The molecular weight excluding hydrogens is 256 g/mol. The van der Waals surface area contributed by atoms with Crippen molar-refractivity contribution < 1.29 is 0 Å². The summed E-state index contributed by atoms with van der Waals surface area (Å²) in [6.45, 7) is 4.08. The second kappa shape index (κ2) is 6.57. The first kappa shape index (κ1) is 13.9. The van der Waals surface area contributed by atoms with E-state index >= 15 is 0 Å². The van der Waals surface area contributed by atoms with Crippen molar-refractivity contribution in [3.63, 3.8) is 0 Å². The molecule has 0 aliphatic carbocycles. The molecule has 0 radical (unpaired) electrons. The molecule has 0 saturated carbocycles. The van der Waals surface area contributed by atoms with Gasteiger partial charge in [0, 0.05) is 11.8 Å². The van der Waals surface area contributed by atoms with Crippen molar-refractivity contribution in [1.82, 2.24) is 9.97 Å². The van der Waals surface area contributed by atoms with E-state index in [-0.39, 0.29) is 11.5 Å². The number of nitrogens with zero attached hydrogens (tertiary/aromatic N) is 1. The van der Waals surface area contributed by atoms with Crippen LogP contribution in [0, 0.1) is 0 Å². The summed E-state index contributed by atoms with van der Waals surface area (Å²) in [6, 6.07) is 11.9. The van der Waals surface area contributed by atoms with Gasteiger partial charge in [0.25, 0.3) is 5.56 Å². The maximum absolute atomic E-state index is 11.5. The molecule has 4 heteroatoms. The number of benzene rings is 1. The molecule has 0 amide bonds. The summed E-state index contributed by atoms with van der Waals surface area (Å²) in [5.41, 5.74) is 2.09. The van der Waals surface area contributed by atoms with Gasteiger partial charge in [-0.3, -0.25) is 4.79 Å². The van der Waals surface area contributed by atoms with Crippen molar-refractivity contribution in [1.29, 1.82) is 0 Å². The summed E-state index contributed by atoms with van der Waals surface area (Å²) in [6.07, 6.45) is 0.973. The van der Waals surface area contributed by atoms with Crippen LogP contribution in [0.4, 0.5) is 0 Å². The van der Waals surface area contributed by atoms with Crippen LogP contribution in [-0.2, 0) is 6.42 Å². The maximum atomic E-state index is 11.5. The van der Waals surface area contributed by atoms with Crippen molar-refractivity contribution in [3.8, 4) is 0 Å². The van der Waals surface area contributed by atoms with Gasteiger partial charge in [-0.25, -0.2) is 4.98 Å². The number of hydrogen-bond acceptors (Lipinski definition) is 3. The second-order valence-corrected chi connectivity index (χ2v) is 5.80. The SMILES string of the molecule is CC(C)c1cc(=O)[nH]c(SCCc2ccccc2)n1. The number of aromatic amines is 1. The van der Waals surface area contributed by atoms with E-state index in [1.54, 1.807) is 17.8 Å². The minimum atomic E-state index is -0.0686. The lowest BCUT2D eigenvalue weighted by atomic mass is 10.1. The highest BCUT2D eigenvalue weighted by atomic mass is 32.2. The number of aryl methyl sites for hydroxylation is 1. The average molecular weight is 274 g/mol. The summed E-state index contributed by atoms with van der Waals surface area (Å²) in [5, 5.41) is 0.715. The predicted molar refractivity (Wildman–Crippen MR) is 79.8 cm³/mol. The van der Waals surface area contributed by atoms with Crippen LogP contribution in [0.3, 0.4) is 0 Å². The van der Waals surface area contributed by atoms with E-state index < -0.39 is 0 Å². The smallest absolute Gasteiger partial charge is 0.251 e. The van der Waals surface area contributed by atoms with Gasteiger partial charge in [-0.1, -0.05) is 55.9 Å². The third-order valence-corrected chi connectivity index (χ3v) is 3.68. The molecule has 0 spiro atoms. The van der Waals surface area contributed by atoms with Crippen molar-refractivity contribution in [3.05, 3.63) is 58.0 Å². The maximum Gasteiger partial charge on any atom is 0.251 e. The highest BCUT2D eigenvalue weighted by Crippen LogP contribution is 2.16. The Kier molecular flexibility index (Phi) is 4.80. The van der Waals surface area contributed by atoms with E-state index in [4.69, 9.17) is 0 Å². The fourth-order valence-electron chi connectivity index (χ4n) is 1.73. The predicted octanol–water partition coefficient (Wildman–Crippen LogP) is 3.23. The van der Waals surface area contributed by atoms with Gasteiger partial charge >= 0.3 is 0 Å². The van der Waals surface area contributed by atoms with Gasteiger partial charge in [0.1, 0.15) is 0 Å². The molecule has 1 aromatic heterocycles. The van der Waals surface area contributed by atoms with Crippen molar-refractivity contribution in [2.45, 2.75) is 31.3 Å². The molecule has 3 nitrogen and oxygen atoms in total. The van der Waals surface area contributed by atoms with Gasteiger partial charge < -0.3 is 4.98 Å². The summed E-state index contributed by atoms with van der Waals surface area (Å²) in [4.78, 5) is 18.8. The lowest BCUT2D eigenvalue weighted by Crippen LogP contribution is -2.11. The van der Waals surface area contributed by atoms with Crippen LogP contribution in [0.2, 0.25) is 0 Å². The lowest BCUT2D eigenvalue weighted by molar-refractivity contribution is 0.769. The zero-order chi connectivity index (χ0) is 13.7. The minimum Gasteiger partial charge on any atom is -0.301 e. The van der Waals surface area contributed by atoms with Crippen LogP contribution in [0.5, 0.6) is 0 Å². The number of thioether (sulfide) groups is 1. The lowest BCUT2D eigenvalue weighted by Gasteiger charge is -2.06. The molecule has 0 bridgehead atoms. The molecule has 0 saturated heterocycles. The highest BCUT2D eigenvalue weighted by molar-refractivity contribution is 7.99. The van der Waals surface area contributed by atoms with Crippen LogP contribution in [0.25, 0.3) is 0 Å². The van der Waals surface area contributed by atoms with Gasteiger partial charge in [-0.2, -0.15) is 0 Å². The molecule has 2 aromatic rings. The molecular formula is C15H18N2OS. The number of hydrogen-bond donors (Lipinski definition) is 1. The molecule has 0 aliphatic rings. The minimum absolute atomic E-state index is 0.0686. The fourth-order valence-corrected chi connectivity index (χ4v) is 2.60. The molecule has 100 valence electrons. The third-order valence-electron chi connectivity index (χ3n) is 2.80. The Morgan fingerprint density at radius 1 is 1.26 bits per heavy atom. The van der Waals surface area contributed by atoms with E-state index in [1.165, 1.54) is 5.56 Å². The first-order chi connectivity index (χ1) is 9.15. The molecule has 1 N–H and O–H groups in total. The van der Waals surface area contributed by atoms with Crippen molar-refractivity contribution in [2.75, 3.05) is 5.75 Å². The Labute approximate surface area is 117 Å². The Hall–Kier alpha value is -1.55. The average Bonchev–Trinajstić information content (AvgIpc) is 2.39. The summed E-state index contributed by atoms with van der Waals surface area (Å²) < 4.78 is 0.